The molecule has 0 amide bonds. The summed E-state index contributed by atoms with van der Waals surface area (Å²) < 4.78 is 40.6. The molecule has 2 atom stereocenters. The van der Waals surface area contributed by atoms with Gasteiger partial charge in [0, 0.05) is 11.5 Å². The molecule has 33 heavy (non-hydrogen) atoms. The van der Waals surface area contributed by atoms with Crippen molar-refractivity contribution >= 4 is 0 Å². The van der Waals surface area contributed by atoms with Crippen LogP contribution in [-0.4, -0.2) is 19.3 Å². The molecular weight excluding hydrogens is 418 g/mol. The molecule has 178 valence electrons. The molecule has 2 nitrogen and oxygen atoms in total. The van der Waals surface area contributed by atoms with Gasteiger partial charge in [-0.15, -0.1) is 0 Å². The van der Waals surface area contributed by atoms with Gasteiger partial charge in [0.2, 0.25) is 5.82 Å². The van der Waals surface area contributed by atoms with Crippen LogP contribution in [-0.2, 0) is 4.74 Å². The summed E-state index contributed by atoms with van der Waals surface area (Å²) in [4.78, 5) is 0. The van der Waals surface area contributed by atoms with E-state index in [2.05, 4.69) is 19.1 Å². The summed E-state index contributed by atoms with van der Waals surface area (Å²) in [6.45, 7) is 5.15. The van der Waals surface area contributed by atoms with Crippen LogP contribution in [0.4, 0.5) is 8.78 Å². The monoisotopic (exact) mass is 454 g/mol. The van der Waals surface area contributed by atoms with Gasteiger partial charge in [-0.1, -0.05) is 43.3 Å². The molecule has 0 radical (unpaired) electrons. The van der Waals surface area contributed by atoms with Gasteiger partial charge in [-0.05, 0) is 87.0 Å². The summed E-state index contributed by atoms with van der Waals surface area (Å²) >= 11 is 0. The quantitative estimate of drug-likeness (QED) is 0.394. The molecule has 2 aromatic rings. The Bertz CT molecular complexity index is 921. The maximum absolute atomic E-state index is 14.6. The Hall–Kier alpha value is -2.20. The predicted molar refractivity (Wildman–Crippen MR) is 130 cm³/mol. The third-order valence-corrected chi connectivity index (χ3v) is 7.32. The highest BCUT2D eigenvalue weighted by Gasteiger charge is 2.31. The van der Waals surface area contributed by atoms with Crippen molar-refractivity contribution in [3.8, 4) is 16.9 Å². The molecule has 0 spiro atoms. The van der Waals surface area contributed by atoms with Gasteiger partial charge >= 0.3 is 0 Å². The average Bonchev–Trinajstić information content (AvgIpc) is 2.86. The van der Waals surface area contributed by atoms with E-state index in [0.29, 0.717) is 30.1 Å². The molecule has 1 saturated carbocycles. The molecular formula is C29H36F2O2. The Morgan fingerprint density at radius 2 is 1.70 bits per heavy atom. The normalized spacial score (nSPS) is 25.9. The standard InChI is InChI=1S/C29H36F2O2/c1-3-5-20-6-8-23(9-7-20)26-16-14-24(19-33-26)21-10-12-22(13-11-21)25-15-17-27(32-18-4-2)29(31)28(25)30/h3,5,10-13,15,17,20,23-24,26H,4,6-9,14,16,18-19H2,1-2H3/b5-3+. The molecule has 2 aromatic carbocycles. The van der Waals surface area contributed by atoms with E-state index in [9.17, 15) is 8.78 Å². The fraction of sp³-hybridized carbons (Fsp3) is 0.517. The van der Waals surface area contributed by atoms with E-state index in [-0.39, 0.29) is 11.3 Å². The van der Waals surface area contributed by atoms with Crippen molar-refractivity contribution in [2.75, 3.05) is 13.2 Å². The lowest BCUT2D eigenvalue weighted by Crippen LogP contribution is -2.33. The summed E-state index contributed by atoms with van der Waals surface area (Å²) in [6.07, 6.45) is 13.0. The van der Waals surface area contributed by atoms with Crippen LogP contribution in [0, 0.1) is 23.5 Å². The van der Waals surface area contributed by atoms with Crippen LogP contribution >= 0.6 is 0 Å². The molecule has 1 saturated heterocycles. The molecule has 0 bridgehead atoms. The Balaban J connectivity index is 1.35. The van der Waals surface area contributed by atoms with Crippen molar-refractivity contribution in [3.63, 3.8) is 0 Å². The zero-order valence-electron chi connectivity index (χ0n) is 19.9. The van der Waals surface area contributed by atoms with E-state index < -0.39 is 11.6 Å². The summed E-state index contributed by atoms with van der Waals surface area (Å²) in [7, 11) is 0. The number of rotatable bonds is 7. The highest BCUT2D eigenvalue weighted by atomic mass is 19.2. The summed E-state index contributed by atoms with van der Waals surface area (Å²) in [5, 5.41) is 0. The van der Waals surface area contributed by atoms with Crippen molar-refractivity contribution in [2.24, 2.45) is 11.8 Å². The molecule has 2 fully saturated rings. The van der Waals surface area contributed by atoms with Crippen molar-refractivity contribution in [1.29, 1.82) is 0 Å². The second kappa shape index (κ2) is 11.3. The van der Waals surface area contributed by atoms with Gasteiger partial charge in [-0.3, -0.25) is 0 Å². The molecule has 2 aliphatic rings. The molecule has 0 N–H and O–H groups in total. The van der Waals surface area contributed by atoms with Gasteiger partial charge in [-0.2, -0.15) is 4.39 Å². The molecule has 0 aromatic heterocycles. The summed E-state index contributed by atoms with van der Waals surface area (Å²) in [5.41, 5.74) is 2.14. The Morgan fingerprint density at radius 3 is 2.33 bits per heavy atom. The zero-order chi connectivity index (χ0) is 23.2. The largest absolute Gasteiger partial charge is 0.490 e. The first kappa shape index (κ1) is 23.9. The van der Waals surface area contributed by atoms with Crippen LogP contribution in [0.15, 0.2) is 48.6 Å². The number of benzene rings is 2. The molecule has 1 aliphatic heterocycles. The lowest BCUT2D eigenvalue weighted by atomic mass is 9.76. The van der Waals surface area contributed by atoms with Crippen LogP contribution in [0.2, 0.25) is 0 Å². The summed E-state index contributed by atoms with van der Waals surface area (Å²) in [5.74, 6) is -0.00248. The van der Waals surface area contributed by atoms with Gasteiger partial charge in [0.15, 0.2) is 11.6 Å². The van der Waals surface area contributed by atoms with Gasteiger partial charge < -0.3 is 9.47 Å². The van der Waals surface area contributed by atoms with E-state index in [1.165, 1.54) is 37.3 Å². The van der Waals surface area contributed by atoms with Crippen molar-refractivity contribution in [2.45, 2.75) is 70.8 Å². The summed E-state index contributed by atoms with van der Waals surface area (Å²) in [6, 6.07) is 10.9. The Kier molecular flexibility index (Phi) is 8.19. The molecule has 4 heteroatoms. The molecule has 4 rings (SSSR count). The highest BCUT2D eigenvalue weighted by molar-refractivity contribution is 5.65. The van der Waals surface area contributed by atoms with E-state index in [1.807, 2.05) is 31.2 Å². The number of hydrogen-bond donors (Lipinski definition) is 0. The van der Waals surface area contributed by atoms with Crippen molar-refractivity contribution in [1.82, 2.24) is 0 Å². The van der Waals surface area contributed by atoms with Gasteiger partial charge in [-0.25, -0.2) is 4.39 Å². The topological polar surface area (TPSA) is 18.5 Å². The minimum absolute atomic E-state index is 0.0288. The van der Waals surface area contributed by atoms with Crippen LogP contribution in [0.1, 0.15) is 70.3 Å². The number of allylic oxidation sites excluding steroid dienone is 2. The first-order valence-corrected chi connectivity index (χ1v) is 12.6. The molecule has 1 aliphatic carbocycles. The molecule has 1 heterocycles. The third-order valence-electron chi connectivity index (χ3n) is 7.32. The minimum atomic E-state index is -0.920. The van der Waals surface area contributed by atoms with Crippen LogP contribution in [0.5, 0.6) is 5.75 Å². The zero-order valence-corrected chi connectivity index (χ0v) is 19.9. The lowest BCUT2D eigenvalue weighted by molar-refractivity contribution is -0.0419. The van der Waals surface area contributed by atoms with Crippen LogP contribution in [0.25, 0.3) is 11.1 Å². The van der Waals surface area contributed by atoms with Crippen molar-refractivity contribution < 1.29 is 18.3 Å². The predicted octanol–water partition coefficient (Wildman–Crippen LogP) is 8.07. The number of hydrogen-bond acceptors (Lipinski definition) is 2. The fourth-order valence-corrected chi connectivity index (χ4v) is 5.40. The Morgan fingerprint density at radius 1 is 0.939 bits per heavy atom. The minimum Gasteiger partial charge on any atom is -0.490 e. The van der Waals surface area contributed by atoms with E-state index >= 15 is 0 Å². The first-order valence-electron chi connectivity index (χ1n) is 12.6. The van der Waals surface area contributed by atoms with Gasteiger partial charge in [0.05, 0.1) is 19.3 Å². The molecule has 2 unspecified atom stereocenters. The smallest absolute Gasteiger partial charge is 0.201 e. The highest BCUT2D eigenvalue weighted by Crippen LogP contribution is 2.39. The second-order valence-corrected chi connectivity index (χ2v) is 9.56. The van der Waals surface area contributed by atoms with Crippen LogP contribution in [0.3, 0.4) is 0 Å². The number of ether oxygens (including phenoxy) is 2. The van der Waals surface area contributed by atoms with E-state index in [1.54, 1.807) is 6.07 Å². The third kappa shape index (κ3) is 5.66. The maximum Gasteiger partial charge on any atom is 0.201 e. The van der Waals surface area contributed by atoms with E-state index in [0.717, 1.165) is 31.8 Å². The fourth-order valence-electron chi connectivity index (χ4n) is 5.40. The second-order valence-electron chi connectivity index (χ2n) is 9.56. The van der Waals surface area contributed by atoms with Gasteiger partial charge in [0.1, 0.15) is 0 Å². The number of halogens is 2. The SMILES string of the molecule is C/C=C/C1CCC(C2CCC(c3ccc(-c4ccc(OCCC)c(F)c4F)cc3)CO2)CC1. The van der Waals surface area contributed by atoms with Crippen LogP contribution < -0.4 is 4.74 Å². The maximum atomic E-state index is 14.6. The van der Waals surface area contributed by atoms with E-state index in [4.69, 9.17) is 9.47 Å². The average molecular weight is 455 g/mol. The Labute approximate surface area is 197 Å². The van der Waals surface area contributed by atoms with Gasteiger partial charge in [0.25, 0.3) is 0 Å². The lowest BCUT2D eigenvalue weighted by Gasteiger charge is -2.37. The van der Waals surface area contributed by atoms with Crippen molar-refractivity contribution in [3.05, 3.63) is 65.7 Å². The first-order chi connectivity index (χ1) is 16.1.